The zero-order valence-electron chi connectivity index (χ0n) is 20.8. The Morgan fingerprint density at radius 2 is 1.54 bits per heavy atom. The Morgan fingerprint density at radius 3 is 2.31 bits per heavy atom. The number of esters is 1. The van der Waals surface area contributed by atoms with Crippen LogP contribution >= 0.6 is 11.6 Å². The zero-order chi connectivity index (χ0) is 26.8. The van der Waals surface area contributed by atoms with E-state index in [0.29, 0.717) is 22.8 Å². The van der Waals surface area contributed by atoms with Gasteiger partial charge in [-0.1, -0.05) is 72.3 Å². The molecular formula is C32H22ClNO5. The molecule has 1 fully saturated rings. The summed E-state index contributed by atoms with van der Waals surface area (Å²) in [5.41, 5.74) is 2.65. The molecule has 0 bridgehead atoms. The Morgan fingerprint density at radius 1 is 0.821 bits per heavy atom. The highest BCUT2D eigenvalue weighted by atomic mass is 35.5. The van der Waals surface area contributed by atoms with E-state index in [0.717, 1.165) is 26.8 Å². The van der Waals surface area contributed by atoms with Crippen LogP contribution in [0.5, 0.6) is 11.5 Å². The van der Waals surface area contributed by atoms with Crippen molar-refractivity contribution in [1.82, 2.24) is 0 Å². The van der Waals surface area contributed by atoms with Gasteiger partial charge in [0.25, 0.3) is 0 Å². The van der Waals surface area contributed by atoms with Gasteiger partial charge in [-0.25, -0.2) is 4.90 Å². The first-order chi connectivity index (χ1) is 19.0. The molecule has 0 aromatic heterocycles. The van der Waals surface area contributed by atoms with Crippen LogP contribution in [0.25, 0.3) is 16.3 Å². The van der Waals surface area contributed by atoms with Gasteiger partial charge in [-0.3, -0.25) is 14.4 Å². The number of allylic oxidation sites excluding steroid dienone is 1. The predicted octanol–water partition coefficient (Wildman–Crippen LogP) is 6.02. The lowest BCUT2D eigenvalue weighted by molar-refractivity contribution is -0.142. The molecule has 2 aliphatic heterocycles. The number of hydrogen-bond donors (Lipinski definition) is 0. The minimum Gasteiger partial charge on any atom is -0.497 e. The highest BCUT2D eigenvalue weighted by Crippen LogP contribution is 2.56. The number of para-hydroxylation sites is 1. The SMILES string of the molecule is COc1ccc([C@@H]2C=C3c4c(ccc5ccccc45)OC(=O)[C@@H]3[C@H]3C(=O)N(c4ccccc4Cl)C(=O)[C@H]32)cc1. The van der Waals surface area contributed by atoms with E-state index in [9.17, 15) is 14.4 Å². The van der Waals surface area contributed by atoms with E-state index < -0.39 is 35.5 Å². The molecule has 39 heavy (non-hydrogen) atoms. The first-order valence-corrected chi connectivity index (χ1v) is 13.1. The van der Waals surface area contributed by atoms with Gasteiger partial charge in [-0.15, -0.1) is 0 Å². The summed E-state index contributed by atoms with van der Waals surface area (Å²) in [6, 6.07) is 25.8. The summed E-state index contributed by atoms with van der Waals surface area (Å²) in [6.45, 7) is 0. The molecule has 4 aromatic carbocycles. The minimum atomic E-state index is -0.944. The summed E-state index contributed by atoms with van der Waals surface area (Å²) in [7, 11) is 1.59. The van der Waals surface area contributed by atoms with E-state index >= 15 is 0 Å². The standard InChI is InChI=1S/C32H22ClNO5/c1-38-19-13-10-18(11-14-19)21-16-22-26-20-7-3-2-6-17(20)12-15-25(26)39-32(37)28(22)29-27(21)30(35)34(31(29)36)24-9-5-4-8-23(24)33/h2-16,21,27-29H,1H3/t21-,27-,28-,29-/m0/s1. The van der Waals surface area contributed by atoms with Gasteiger partial charge in [0.05, 0.1) is 35.6 Å². The lowest BCUT2D eigenvalue weighted by Crippen LogP contribution is -2.42. The number of rotatable bonds is 3. The molecule has 192 valence electrons. The summed E-state index contributed by atoms with van der Waals surface area (Å²) in [6.07, 6.45) is 1.99. The zero-order valence-corrected chi connectivity index (χ0v) is 21.6. The van der Waals surface area contributed by atoms with Crippen molar-refractivity contribution in [2.24, 2.45) is 17.8 Å². The fourth-order valence-electron chi connectivity index (χ4n) is 6.35. The van der Waals surface area contributed by atoms with Crippen molar-refractivity contribution in [1.29, 1.82) is 0 Å². The molecule has 2 amide bonds. The van der Waals surface area contributed by atoms with E-state index in [2.05, 4.69) is 0 Å². The molecule has 3 aliphatic rings. The molecule has 7 heteroatoms. The Labute approximate surface area is 229 Å². The first kappa shape index (κ1) is 23.7. The third-order valence-electron chi connectivity index (χ3n) is 8.08. The van der Waals surface area contributed by atoms with Crippen LogP contribution in [0.1, 0.15) is 17.0 Å². The highest BCUT2D eigenvalue weighted by molar-refractivity contribution is 6.36. The summed E-state index contributed by atoms with van der Waals surface area (Å²) < 4.78 is 11.2. The second kappa shape index (κ2) is 8.82. The van der Waals surface area contributed by atoms with E-state index in [-0.39, 0.29) is 10.9 Å². The maximum Gasteiger partial charge on any atom is 0.319 e. The van der Waals surface area contributed by atoms with Crippen molar-refractivity contribution in [2.75, 3.05) is 12.0 Å². The van der Waals surface area contributed by atoms with Gasteiger partial charge in [0.2, 0.25) is 11.8 Å². The van der Waals surface area contributed by atoms with Crippen LogP contribution in [0.3, 0.4) is 0 Å². The van der Waals surface area contributed by atoms with Gasteiger partial charge < -0.3 is 9.47 Å². The number of halogens is 1. The average molecular weight is 536 g/mol. The van der Waals surface area contributed by atoms with Gasteiger partial charge in [0.1, 0.15) is 11.5 Å². The average Bonchev–Trinajstić information content (AvgIpc) is 3.22. The van der Waals surface area contributed by atoms with Crippen LogP contribution in [-0.4, -0.2) is 24.9 Å². The third kappa shape index (κ3) is 3.45. The maximum atomic E-state index is 14.1. The molecule has 7 rings (SSSR count). The lowest BCUT2D eigenvalue weighted by Gasteiger charge is -2.38. The van der Waals surface area contributed by atoms with Crippen LogP contribution in [0.2, 0.25) is 5.02 Å². The van der Waals surface area contributed by atoms with Crippen LogP contribution in [0.15, 0.2) is 91.0 Å². The topological polar surface area (TPSA) is 72.9 Å². The van der Waals surface area contributed by atoms with Crippen molar-refractivity contribution in [3.05, 3.63) is 107 Å². The van der Waals surface area contributed by atoms with Crippen LogP contribution < -0.4 is 14.4 Å². The fraction of sp³-hybridized carbons (Fsp3) is 0.156. The number of amides is 2. The number of anilines is 1. The molecule has 4 atom stereocenters. The van der Waals surface area contributed by atoms with Crippen molar-refractivity contribution < 1.29 is 23.9 Å². The van der Waals surface area contributed by atoms with Gasteiger partial charge in [-0.05, 0) is 52.2 Å². The van der Waals surface area contributed by atoms with E-state index in [1.54, 1.807) is 37.4 Å². The van der Waals surface area contributed by atoms with Crippen LogP contribution in [0, 0.1) is 17.8 Å². The minimum absolute atomic E-state index is 0.287. The second-order valence-electron chi connectivity index (χ2n) is 9.99. The third-order valence-corrected chi connectivity index (χ3v) is 8.40. The van der Waals surface area contributed by atoms with E-state index in [1.807, 2.05) is 60.7 Å². The summed E-state index contributed by atoms with van der Waals surface area (Å²) in [4.78, 5) is 43.0. The molecule has 4 aromatic rings. The number of nitrogens with zero attached hydrogens (tertiary/aromatic N) is 1. The molecular weight excluding hydrogens is 514 g/mol. The monoisotopic (exact) mass is 535 g/mol. The smallest absolute Gasteiger partial charge is 0.319 e. The molecule has 1 saturated heterocycles. The van der Waals surface area contributed by atoms with Crippen molar-refractivity contribution in [2.45, 2.75) is 5.92 Å². The normalized spacial score (nSPS) is 23.6. The quantitative estimate of drug-likeness (QED) is 0.182. The Bertz CT molecular complexity index is 1730. The van der Waals surface area contributed by atoms with Crippen LogP contribution in [0.4, 0.5) is 5.69 Å². The molecule has 0 saturated carbocycles. The predicted molar refractivity (Wildman–Crippen MR) is 148 cm³/mol. The molecule has 6 nitrogen and oxygen atoms in total. The molecule has 1 aliphatic carbocycles. The number of carbonyl (C=O) groups excluding carboxylic acids is 3. The molecule has 0 radical (unpaired) electrons. The number of ether oxygens (including phenoxy) is 2. The van der Waals surface area contributed by atoms with Crippen molar-refractivity contribution in [3.8, 4) is 11.5 Å². The first-order valence-electron chi connectivity index (χ1n) is 12.7. The summed E-state index contributed by atoms with van der Waals surface area (Å²) in [5.74, 6) is -3.37. The molecule has 0 spiro atoms. The highest BCUT2D eigenvalue weighted by Gasteiger charge is 2.60. The largest absolute Gasteiger partial charge is 0.497 e. The summed E-state index contributed by atoms with van der Waals surface area (Å²) in [5, 5.41) is 2.20. The lowest BCUT2D eigenvalue weighted by atomic mass is 9.64. The second-order valence-corrected chi connectivity index (χ2v) is 10.4. The fourth-order valence-corrected chi connectivity index (χ4v) is 6.57. The van der Waals surface area contributed by atoms with E-state index in [1.165, 1.54) is 0 Å². The molecule has 0 N–H and O–H groups in total. The maximum absolute atomic E-state index is 14.1. The molecule has 2 heterocycles. The number of imide groups is 1. The number of carbonyl (C=O) groups is 3. The number of fused-ring (bicyclic) bond motifs is 7. The van der Waals surface area contributed by atoms with Crippen molar-refractivity contribution >= 4 is 51.4 Å². The Hall–Kier alpha value is -4.42. The van der Waals surface area contributed by atoms with Crippen molar-refractivity contribution in [3.63, 3.8) is 0 Å². The molecule has 0 unspecified atom stereocenters. The number of methoxy groups -OCH3 is 1. The Kier molecular flexibility index (Phi) is 5.35. The van der Waals surface area contributed by atoms with Crippen LogP contribution in [-0.2, 0) is 14.4 Å². The van der Waals surface area contributed by atoms with Gasteiger partial charge >= 0.3 is 5.97 Å². The Balaban J connectivity index is 1.47. The number of hydrogen-bond acceptors (Lipinski definition) is 5. The number of benzene rings is 4. The summed E-state index contributed by atoms with van der Waals surface area (Å²) >= 11 is 6.45. The van der Waals surface area contributed by atoms with Gasteiger partial charge in [-0.2, -0.15) is 0 Å². The van der Waals surface area contributed by atoms with Gasteiger partial charge in [0.15, 0.2) is 0 Å². The van der Waals surface area contributed by atoms with E-state index in [4.69, 9.17) is 21.1 Å². The van der Waals surface area contributed by atoms with Gasteiger partial charge in [0, 0.05) is 11.5 Å².